The van der Waals surface area contributed by atoms with Gasteiger partial charge >= 0.3 is 0 Å². The van der Waals surface area contributed by atoms with Gasteiger partial charge in [-0.2, -0.15) is 0 Å². The first-order chi connectivity index (χ1) is 12.4. The third-order valence-corrected chi connectivity index (χ3v) is 4.90. The second kappa shape index (κ2) is 7.20. The van der Waals surface area contributed by atoms with Gasteiger partial charge in [0.05, 0.1) is 5.92 Å². The van der Waals surface area contributed by atoms with Crippen LogP contribution in [0.4, 0.5) is 17.1 Å². The molecule has 1 unspecified atom stereocenters. The predicted molar refractivity (Wildman–Crippen MR) is 106 cm³/mol. The lowest BCUT2D eigenvalue weighted by Crippen LogP contribution is -2.28. The van der Waals surface area contributed by atoms with Crippen molar-refractivity contribution in [1.29, 1.82) is 0 Å². The minimum absolute atomic E-state index is 0.00995. The number of carbonyl (C=O) groups excluding carboxylic acids is 2. The molecule has 3 rings (SSSR count). The largest absolute Gasteiger partial charge is 0.378 e. The van der Waals surface area contributed by atoms with Crippen molar-refractivity contribution < 1.29 is 9.59 Å². The summed E-state index contributed by atoms with van der Waals surface area (Å²) >= 11 is 0. The lowest BCUT2D eigenvalue weighted by Gasteiger charge is -2.19. The highest BCUT2D eigenvalue weighted by molar-refractivity contribution is 6.04. The van der Waals surface area contributed by atoms with Gasteiger partial charge in [0.25, 0.3) is 0 Å². The zero-order valence-electron chi connectivity index (χ0n) is 15.7. The van der Waals surface area contributed by atoms with Gasteiger partial charge in [-0.15, -0.1) is 0 Å². The number of benzene rings is 2. The summed E-state index contributed by atoms with van der Waals surface area (Å²) in [5, 5.41) is 3.01. The molecule has 0 spiro atoms. The molecule has 1 aliphatic rings. The minimum Gasteiger partial charge on any atom is -0.378 e. The number of para-hydroxylation sites is 1. The van der Waals surface area contributed by atoms with Crippen LogP contribution < -0.4 is 15.1 Å². The van der Waals surface area contributed by atoms with Crippen LogP contribution in [0.5, 0.6) is 0 Å². The Morgan fingerprint density at radius 3 is 2.27 bits per heavy atom. The van der Waals surface area contributed by atoms with E-state index in [0.717, 1.165) is 28.2 Å². The van der Waals surface area contributed by atoms with Gasteiger partial charge in [0.15, 0.2) is 0 Å². The summed E-state index contributed by atoms with van der Waals surface area (Å²) in [7, 11) is 3.95. The fourth-order valence-corrected chi connectivity index (χ4v) is 3.30. The molecule has 0 saturated carbocycles. The molecule has 1 fully saturated rings. The molecule has 0 aliphatic carbocycles. The molecule has 1 heterocycles. The van der Waals surface area contributed by atoms with E-state index in [1.165, 1.54) is 0 Å². The van der Waals surface area contributed by atoms with Gasteiger partial charge in [-0.1, -0.05) is 18.2 Å². The standard InChI is InChI=1S/C21H25N3O2/c1-14-6-5-7-15(2)20(14)22-21(26)16-12-19(25)24(13-16)18-10-8-17(9-11-18)23(3)4/h5-11,16H,12-13H2,1-4H3,(H,22,26). The van der Waals surface area contributed by atoms with Crippen LogP contribution in [0.25, 0.3) is 0 Å². The normalized spacial score (nSPS) is 16.7. The first-order valence-corrected chi connectivity index (χ1v) is 8.81. The van der Waals surface area contributed by atoms with E-state index in [2.05, 4.69) is 5.32 Å². The Kier molecular flexibility index (Phi) is 4.98. The predicted octanol–water partition coefficient (Wildman–Crippen LogP) is 3.36. The smallest absolute Gasteiger partial charge is 0.229 e. The van der Waals surface area contributed by atoms with Gasteiger partial charge in [0, 0.05) is 44.1 Å². The van der Waals surface area contributed by atoms with Crippen LogP contribution in [0.1, 0.15) is 17.5 Å². The topological polar surface area (TPSA) is 52.7 Å². The third-order valence-electron chi connectivity index (χ3n) is 4.90. The maximum Gasteiger partial charge on any atom is 0.229 e. The van der Waals surface area contributed by atoms with Gasteiger partial charge in [-0.05, 0) is 49.2 Å². The van der Waals surface area contributed by atoms with Crippen molar-refractivity contribution in [2.75, 3.05) is 35.8 Å². The molecular formula is C21H25N3O2. The Morgan fingerprint density at radius 1 is 1.08 bits per heavy atom. The summed E-state index contributed by atoms with van der Waals surface area (Å²) in [4.78, 5) is 28.8. The summed E-state index contributed by atoms with van der Waals surface area (Å²) < 4.78 is 0. The van der Waals surface area contributed by atoms with Crippen LogP contribution in [0.15, 0.2) is 42.5 Å². The second-order valence-electron chi connectivity index (χ2n) is 7.07. The van der Waals surface area contributed by atoms with Crippen LogP contribution in [-0.4, -0.2) is 32.5 Å². The monoisotopic (exact) mass is 351 g/mol. The molecule has 1 saturated heterocycles. The van der Waals surface area contributed by atoms with Crippen LogP contribution in [0.2, 0.25) is 0 Å². The Morgan fingerprint density at radius 2 is 1.69 bits per heavy atom. The van der Waals surface area contributed by atoms with Crippen molar-refractivity contribution in [1.82, 2.24) is 0 Å². The van der Waals surface area contributed by atoms with Gasteiger partial charge in [0.2, 0.25) is 11.8 Å². The number of nitrogens with zero attached hydrogens (tertiary/aromatic N) is 2. The van der Waals surface area contributed by atoms with Gasteiger partial charge in [-0.3, -0.25) is 9.59 Å². The van der Waals surface area contributed by atoms with E-state index in [0.29, 0.717) is 6.54 Å². The van der Waals surface area contributed by atoms with E-state index in [9.17, 15) is 9.59 Å². The SMILES string of the molecule is Cc1cccc(C)c1NC(=O)C1CC(=O)N(c2ccc(N(C)C)cc2)C1. The first kappa shape index (κ1) is 18.0. The summed E-state index contributed by atoms with van der Waals surface area (Å²) in [6.45, 7) is 4.36. The molecule has 1 N–H and O–H groups in total. The highest BCUT2D eigenvalue weighted by Gasteiger charge is 2.35. The molecule has 0 radical (unpaired) electrons. The molecule has 5 nitrogen and oxygen atoms in total. The summed E-state index contributed by atoms with van der Waals surface area (Å²) in [5.41, 5.74) is 4.81. The van der Waals surface area contributed by atoms with E-state index in [4.69, 9.17) is 0 Å². The first-order valence-electron chi connectivity index (χ1n) is 8.81. The highest BCUT2D eigenvalue weighted by Crippen LogP contribution is 2.28. The molecule has 0 aromatic heterocycles. The van der Waals surface area contributed by atoms with E-state index < -0.39 is 0 Å². The van der Waals surface area contributed by atoms with Crippen molar-refractivity contribution in [3.8, 4) is 0 Å². The number of rotatable bonds is 4. The number of amides is 2. The van der Waals surface area contributed by atoms with Crippen LogP contribution in [0, 0.1) is 19.8 Å². The van der Waals surface area contributed by atoms with Crippen LogP contribution in [0.3, 0.4) is 0 Å². The lowest BCUT2D eigenvalue weighted by molar-refractivity contribution is -0.122. The molecule has 2 aromatic rings. The molecular weight excluding hydrogens is 326 g/mol. The zero-order valence-corrected chi connectivity index (χ0v) is 15.7. The molecule has 26 heavy (non-hydrogen) atoms. The maximum atomic E-state index is 12.7. The van der Waals surface area contributed by atoms with Gasteiger partial charge in [0.1, 0.15) is 0 Å². The Balaban J connectivity index is 1.72. The van der Waals surface area contributed by atoms with E-state index in [1.807, 2.05) is 75.3 Å². The van der Waals surface area contributed by atoms with Gasteiger partial charge in [-0.25, -0.2) is 0 Å². The summed E-state index contributed by atoms with van der Waals surface area (Å²) in [5.74, 6) is -0.442. The van der Waals surface area contributed by atoms with Crippen LogP contribution in [-0.2, 0) is 9.59 Å². The van der Waals surface area contributed by atoms with Crippen LogP contribution >= 0.6 is 0 Å². The Labute approximate surface area is 154 Å². The number of aryl methyl sites for hydroxylation is 2. The number of anilines is 3. The van der Waals surface area contributed by atoms with Crippen molar-refractivity contribution in [3.63, 3.8) is 0 Å². The molecule has 0 bridgehead atoms. The van der Waals surface area contributed by atoms with E-state index >= 15 is 0 Å². The number of carbonyl (C=O) groups is 2. The summed E-state index contributed by atoms with van der Waals surface area (Å²) in [6, 6.07) is 13.7. The van der Waals surface area contributed by atoms with Crippen molar-refractivity contribution in [2.45, 2.75) is 20.3 Å². The van der Waals surface area contributed by atoms with E-state index in [1.54, 1.807) is 4.90 Å². The second-order valence-corrected chi connectivity index (χ2v) is 7.07. The summed E-state index contributed by atoms with van der Waals surface area (Å²) in [6.07, 6.45) is 0.242. The number of hydrogen-bond donors (Lipinski definition) is 1. The molecule has 5 heteroatoms. The molecule has 2 aromatic carbocycles. The molecule has 136 valence electrons. The quantitative estimate of drug-likeness (QED) is 0.919. The molecule has 2 amide bonds. The van der Waals surface area contributed by atoms with Crippen molar-refractivity contribution in [2.24, 2.45) is 5.92 Å². The minimum atomic E-state index is -0.338. The number of hydrogen-bond acceptors (Lipinski definition) is 3. The zero-order chi connectivity index (χ0) is 18.8. The average Bonchev–Trinajstić information content (AvgIpc) is 3.00. The fourth-order valence-electron chi connectivity index (χ4n) is 3.30. The lowest BCUT2D eigenvalue weighted by atomic mass is 10.1. The maximum absolute atomic E-state index is 12.7. The van der Waals surface area contributed by atoms with Gasteiger partial charge < -0.3 is 15.1 Å². The highest BCUT2D eigenvalue weighted by atomic mass is 16.2. The number of nitrogens with one attached hydrogen (secondary N) is 1. The average molecular weight is 351 g/mol. The van der Waals surface area contributed by atoms with Crippen molar-refractivity contribution in [3.05, 3.63) is 53.6 Å². The van der Waals surface area contributed by atoms with E-state index in [-0.39, 0.29) is 24.2 Å². The molecule has 1 aliphatic heterocycles. The fraction of sp³-hybridized carbons (Fsp3) is 0.333. The Hall–Kier alpha value is -2.82. The van der Waals surface area contributed by atoms with Crippen molar-refractivity contribution >= 4 is 28.9 Å². The third kappa shape index (κ3) is 3.57. The molecule has 1 atom stereocenters. The Bertz CT molecular complexity index is 807.